The van der Waals surface area contributed by atoms with Crippen LogP contribution >= 0.6 is 11.3 Å². The van der Waals surface area contributed by atoms with E-state index in [1.54, 1.807) is 7.11 Å². The number of rotatable bonds is 3. The van der Waals surface area contributed by atoms with Crippen LogP contribution in [0.15, 0.2) is 23.6 Å². The maximum Gasteiger partial charge on any atom is 0.121 e. The fraction of sp³-hybridized carbons (Fsp3) is 0.250. The van der Waals surface area contributed by atoms with E-state index in [-0.39, 0.29) is 6.61 Å². The van der Waals surface area contributed by atoms with E-state index in [2.05, 4.69) is 4.98 Å². The van der Waals surface area contributed by atoms with Crippen LogP contribution in [0.5, 0.6) is 5.75 Å². The molecule has 1 aromatic heterocycles. The molecule has 84 valence electrons. The summed E-state index contributed by atoms with van der Waals surface area (Å²) in [6.07, 6.45) is 0. The lowest BCUT2D eigenvalue weighted by molar-refractivity contribution is 0.281. The monoisotopic (exact) mass is 235 g/mol. The highest BCUT2D eigenvalue weighted by atomic mass is 32.1. The van der Waals surface area contributed by atoms with Crippen LogP contribution in [-0.4, -0.2) is 17.2 Å². The van der Waals surface area contributed by atoms with E-state index in [9.17, 15) is 0 Å². The van der Waals surface area contributed by atoms with Crippen molar-refractivity contribution in [3.63, 3.8) is 0 Å². The normalized spacial score (nSPS) is 10.4. The van der Waals surface area contributed by atoms with Crippen LogP contribution in [0.25, 0.3) is 11.3 Å². The molecule has 0 spiro atoms. The van der Waals surface area contributed by atoms with Crippen LogP contribution in [0.3, 0.4) is 0 Å². The van der Waals surface area contributed by atoms with Gasteiger partial charge in [-0.25, -0.2) is 4.98 Å². The number of aliphatic hydroxyl groups is 1. The Bertz CT molecular complexity index is 494. The SMILES string of the molecule is COc1ccc(-c2csc(CO)n2)cc1C. The molecule has 2 aromatic rings. The first-order valence-electron chi connectivity index (χ1n) is 4.95. The average molecular weight is 235 g/mol. The number of ether oxygens (including phenoxy) is 1. The Labute approximate surface area is 98.4 Å². The summed E-state index contributed by atoms with van der Waals surface area (Å²) < 4.78 is 5.20. The number of aromatic nitrogens is 1. The van der Waals surface area contributed by atoms with Gasteiger partial charge < -0.3 is 9.84 Å². The number of methoxy groups -OCH3 is 1. The molecule has 0 saturated heterocycles. The smallest absolute Gasteiger partial charge is 0.121 e. The second-order valence-corrected chi connectivity index (χ2v) is 4.41. The molecule has 1 N–H and O–H groups in total. The minimum Gasteiger partial charge on any atom is -0.496 e. The summed E-state index contributed by atoms with van der Waals surface area (Å²) in [6, 6.07) is 5.94. The van der Waals surface area contributed by atoms with Gasteiger partial charge in [0.25, 0.3) is 0 Å². The highest BCUT2D eigenvalue weighted by molar-refractivity contribution is 7.09. The van der Waals surface area contributed by atoms with Crippen molar-refractivity contribution in [2.75, 3.05) is 7.11 Å². The van der Waals surface area contributed by atoms with Gasteiger partial charge in [-0.2, -0.15) is 0 Å². The number of hydrogen-bond donors (Lipinski definition) is 1. The first kappa shape index (κ1) is 11.1. The second-order valence-electron chi connectivity index (χ2n) is 3.47. The molecule has 0 aliphatic rings. The summed E-state index contributed by atoms with van der Waals surface area (Å²) >= 11 is 1.47. The third-order valence-electron chi connectivity index (χ3n) is 2.38. The molecule has 0 unspecified atom stereocenters. The number of aryl methyl sites for hydroxylation is 1. The molecule has 0 atom stereocenters. The van der Waals surface area contributed by atoms with E-state index in [1.807, 2.05) is 30.5 Å². The van der Waals surface area contributed by atoms with Gasteiger partial charge in [0.2, 0.25) is 0 Å². The highest BCUT2D eigenvalue weighted by Gasteiger charge is 2.06. The van der Waals surface area contributed by atoms with Crippen molar-refractivity contribution in [3.05, 3.63) is 34.2 Å². The molecule has 1 aromatic carbocycles. The Morgan fingerprint density at radius 3 is 2.81 bits per heavy atom. The zero-order valence-electron chi connectivity index (χ0n) is 9.23. The summed E-state index contributed by atoms with van der Waals surface area (Å²) in [5.41, 5.74) is 3.03. The van der Waals surface area contributed by atoms with E-state index in [0.29, 0.717) is 0 Å². The van der Waals surface area contributed by atoms with Gasteiger partial charge >= 0.3 is 0 Å². The average Bonchev–Trinajstić information content (AvgIpc) is 2.77. The minimum absolute atomic E-state index is 0.000195. The molecule has 0 fully saturated rings. The highest BCUT2D eigenvalue weighted by Crippen LogP contribution is 2.26. The van der Waals surface area contributed by atoms with Gasteiger partial charge in [-0.1, -0.05) is 0 Å². The third kappa shape index (κ3) is 2.08. The molecule has 0 saturated carbocycles. The number of nitrogens with zero attached hydrogens (tertiary/aromatic N) is 1. The van der Waals surface area contributed by atoms with Gasteiger partial charge in [-0.3, -0.25) is 0 Å². The van der Waals surface area contributed by atoms with E-state index in [0.717, 1.165) is 27.6 Å². The lowest BCUT2D eigenvalue weighted by Gasteiger charge is -2.05. The molecule has 1 heterocycles. The van der Waals surface area contributed by atoms with E-state index < -0.39 is 0 Å². The lowest BCUT2D eigenvalue weighted by atomic mass is 10.1. The Morgan fingerprint density at radius 2 is 2.25 bits per heavy atom. The van der Waals surface area contributed by atoms with E-state index in [4.69, 9.17) is 9.84 Å². The molecule has 0 radical (unpaired) electrons. The van der Waals surface area contributed by atoms with Crippen LogP contribution in [-0.2, 0) is 6.61 Å². The lowest BCUT2D eigenvalue weighted by Crippen LogP contribution is -1.88. The van der Waals surface area contributed by atoms with Crippen molar-refractivity contribution in [2.45, 2.75) is 13.5 Å². The van der Waals surface area contributed by atoms with E-state index >= 15 is 0 Å². The number of hydrogen-bond acceptors (Lipinski definition) is 4. The number of benzene rings is 1. The zero-order valence-corrected chi connectivity index (χ0v) is 10.0. The van der Waals surface area contributed by atoms with Gasteiger partial charge in [0, 0.05) is 10.9 Å². The van der Waals surface area contributed by atoms with Gasteiger partial charge in [-0.05, 0) is 30.7 Å². The predicted octanol–water partition coefficient (Wildman–Crippen LogP) is 2.62. The van der Waals surface area contributed by atoms with Crippen LogP contribution in [0, 0.1) is 6.92 Å². The molecule has 0 bridgehead atoms. The topological polar surface area (TPSA) is 42.4 Å². The fourth-order valence-electron chi connectivity index (χ4n) is 1.55. The Balaban J connectivity index is 2.37. The molecule has 0 aliphatic carbocycles. The van der Waals surface area contributed by atoms with Crippen molar-refractivity contribution in [3.8, 4) is 17.0 Å². The number of aliphatic hydroxyl groups excluding tert-OH is 1. The summed E-state index contributed by atoms with van der Waals surface area (Å²) in [7, 11) is 1.66. The van der Waals surface area contributed by atoms with Gasteiger partial charge in [0.15, 0.2) is 0 Å². The molecular weight excluding hydrogens is 222 g/mol. The van der Waals surface area contributed by atoms with Crippen molar-refractivity contribution >= 4 is 11.3 Å². The fourth-order valence-corrected chi connectivity index (χ4v) is 2.22. The Hall–Kier alpha value is -1.39. The van der Waals surface area contributed by atoms with Gasteiger partial charge in [0.1, 0.15) is 10.8 Å². The molecule has 16 heavy (non-hydrogen) atoms. The summed E-state index contributed by atoms with van der Waals surface area (Å²) in [5, 5.41) is 11.7. The molecule has 0 aliphatic heterocycles. The van der Waals surface area contributed by atoms with Crippen LogP contribution in [0.4, 0.5) is 0 Å². The van der Waals surface area contributed by atoms with Crippen LogP contribution in [0.2, 0.25) is 0 Å². The maximum atomic E-state index is 8.96. The summed E-state index contributed by atoms with van der Waals surface area (Å²) in [4.78, 5) is 4.32. The standard InChI is InChI=1S/C12H13NO2S/c1-8-5-9(3-4-11(8)15-2)10-7-16-12(6-14)13-10/h3-5,7,14H,6H2,1-2H3. The molecular formula is C12H13NO2S. The second kappa shape index (κ2) is 4.63. The predicted molar refractivity (Wildman–Crippen MR) is 64.8 cm³/mol. The van der Waals surface area contributed by atoms with Crippen molar-refractivity contribution < 1.29 is 9.84 Å². The van der Waals surface area contributed by atoms with E-state index in [1.165, 1.54) is 11.3 Å². The van der Waals surface area contributed by atoms with Crippen molar-refractivity contribution in [1.82, 2.24) is 4.98 Å². The van der Waals surface area contributed by atoms with Crippen molar-refractivity contribution in [2.24, 2.45) is 0 Å². The Morgan fingerprint density at radius 1 is 1.44 bits per heavy atom. The molecule has 0 amide bonds. The molecule has 2 rings (SSSR count). The summed E-state index contributed by atoms with van der Waals surface area (Å²) in [5.74, 6) is 0.876. The zero-order chi connectivity index (χ0) is 11.5. The van der Waals surface area contributed by atoms with Gasteiger partial charge in [-0.15, -0.1) is 11.3 Å². The van der Waals surface area contributed by atoms with Crippen LogP contribution in [0.1, 0.15) is 10.6 Å². The summed E-state index contributed by atoms with van der Waals surface area (Å²) in [6.45, 7) is 2.00. The largest absolute Gasteiger partial charge is 0.496 e. The maximum absolute atomic E-state index is 8.96. The number of thiazole rings is 1. The molecule has 4 heteroatoms. The first-order chi connectivity index (χ1) is 7.74. The minimum atomic E-state index is -0.000195. The van der Waals surface area contributed by atoms with Crippen molar-refractivity contribution in [1.29, 1.82) is 0 Å². The van der Waals surface area contributed by atoms with Gasteiger partial charge in [0.05, 0.1) is 19.4 Å². The third-order valence-corrected chi connectivity index (χ3v) is 3.21. The first-order valence-corrected chi connectivity index (χ1v) is 5.83. The quantitative estimate of drug-likeness (QED) is 0.889. The van der Waals surface area contributed by atoms with Crippen LogP contribution < -0.4 is 4.74 Å². The Kier molecular flexibility index (Phi) is 3.22. The molecule has 3 nitrogen and oxygen atoms in total.